The predicted molar refractivity (Wildman–Crippen MR) is 80.0 cm³/mol. The molecule has 21 heavy (non-hydrogen) atoms. The SMILES string of the molecule is Cn1c2c(c3cc(O)ccc31)C[C@H]1C[C@@H]3CCN1[C@@]2(O)C3. The highest BCUT2D eigenvalue weighted by Gasteiger charge is 2.55. The van der Waals surface area contributed by atoms with Crippen molar-refractivity contribution in [1.29, 1.82) is 0 Å². The molecule has 0 aliphatic carbocycles. The van der Waals surface area contributed by atoms with Gasteiger partial charge in [-0.2, -0.15) is 0 Å². The molecule has 6 rings (SSSR count). The smallest absolute Gasteiger partial charge is 0.160 e. The summed E-state index contributed by atoms with van der Waals surface area (Å²) in [6.45, 7) is 1.01. The summed E-state index contributed by atoms with van der Waals surface area (Å²) in [5.74, 6) is 0.963. The number of rotatable bonds is 0. The molecule has 1 aromatic carbocycles. The molecule has 4 atom stereocenters. The summed E-state index contributed by atoms with van der Waals surface area (Å²) < 4.78 is 2.14. The van der Waals surface area contributed by atoms with Gasteiger partial charge in [0.15, 0.2) is 5.72 Å². The van der Waals surface area contributed by atoms with E-state index in [9.17, 15) is 10.2 Å². The van der Waals surface area contributed by atoms with Crippen molar-refractivity contribution in [2.45, 2.75) is 37.5 Å². The van der Waals surface area contributed by atoms with E-state index in [0.717, 1.165) is 36.0 Å². The van der Waals surface area contributed by atoms with E-state index in [0.29, 0.717) is 17.7 Å². The zero-order chi connectivity index (χ0) is 14.4. The zero-order valence-corrected chi connectivity index (χ0v) is 12.2. The Balaban J connectivity index is 1.84. The van der Waals surface area contributed by atoms with Crippen LogP contribution in [0.1, 0.15) is 30.5 Å². The number of aliphatic hydroxyl groups is 1. The third kappa shape index (κ3) is 1.33. The van der Waals surface area contributed by atoms with Crippen LogP contribution < -0.4 is 0 Å². The van der Waals surface area contributed by atoms with E-state index in [4.69, 9.17) is 0 Å². The molecule has 4 aliphatic heterocycles. The molecule has 0 radical (unpaired) electrons. The molecule has 4 aliphatic rings. The van der Waals surface area contributed by atoms with Gasteiger partial charge in [0, 0.05) is 30.5 Å². The van der Waals surface area contributed by atoms with Crippen LogP contribution in [0, 0.1) is 5.92 Å². The zero-order valence-electron chi connectivity index (χ0n) is 12.2. The Morgan fingerprint density at radius 3 is 3.00 bits per heavy atom. The molecule has 3 fully saturated rings. The van der Waals surface area contributed by atoms with Crippen molar-refractivity contribution >= 4 is 10.9 Å². The van der Waals surface area contributed by atoms with Crippen LogP contribution in [0.4, 0.5) is 0 Å². The highest BCUT2D eigenvalue weighted by Crippen LogP contribution is 2.53. The number of aromatic hydroxyl groups is 1. The first-order chi connectivity index (χ1) is 10.1. The number of benzene rings is 1. The number of aryl methyl sites for hydroxylation is 1. The van der Waals surface area contributed by atoms with Crippen LogP contribution in [0.2, 0.25) is 0 Å². The van der Waals surface area contributed by atoms with Crippen molar-refractivity contribution in [2.24, 2.45) is 13.0 Å². The maximum absolute atomic E-state index is 11.4. The monoisotopic (exact) mass is 284 g/mol. The number of phenolic OH excluding ortho intramolecular Hbond substituents is 1. The number of nitrogens with zero attached hydrogens (tertiary/aromatic N) is 2. The Hall–Kier alpha value is -1.52. The lowest BCUT2D eigenvalue weighted by molar-refractivity contribution is -0.215. The molecule has 4 nitrogen and oxygen atoms in total. The highest BCUT2D eigenvalue weighted by molar-refractivity contribution is 5.87. The largest absolute Gasteiger partial charge is 0.508 e. The van der Waals surface area contributed by atoms with E-state index < -0.39 is 5.72 Å². The first-order valence-corrected chi connectivity index (χ1v) is 7.88. The summed E-state index contributed by atoms with van der Waals surface area (Å²) in [5, 5.41) is 22.4. The van der Waals surface area contributed by atoms with Crippen molar-refractivity contribution in [3.63, 3.8) is 0 Å². The second kappa shape index (κ2) is 3.62. The summed E-state index contributed by atoms with van der Waals surface area (Å²) in [6, 6.07) is 6.01. The van der Waals surface area contributed by atoms with Crippen molar-refractivity contribution < 1.29 is 10.2 Å². The van der Waals surface area contributed by atoms with Gasteiger partial charge in [-0.15, -0.1) is 0 Å². The molecule has 3 saturated heterocycles. The van der Waals surface area contributed by atoms with Gasteiger partial charge >= 0.3 is 0 Å². The van der Waals surface area contributed by atoms with E-state index in [1.807, 2.05) is 19.2 Å². The lowest BCUT2D eigenvalue weighted by Gasteiger charge is -2.58. The van der Waals surface area contributed by atoms with Gasteiger partial charge in [0.1, 0.15) is 5.75 Å². The second-order valence-corrected chi connectivity index (χ2v) is 7.05. The summed E-state index contributed by atoms with van der Waals surface area (Å²) in [4.78, 5) is 2.33. The summed E-state index contributed by atoms with van der Waals surface area (Å²) >= 11 is 0. The van der Waals surface area contributed by atoms with Crippen LogP contribution >= 0.6 is 0 Å². The molecule has 1 aromatic heterocycles. The third-order valence-corrected chi connectivity index (χ3v) is 5.98. The summed E-state index contributed by atoms with van der Waals surface area (Å²) in [6.07, 6.45) is 4.28. The van der Waals surface area contributed by atoms with Crippen LogP contribution in [0.25, 0.3) is 10.9 Å². The number of aromatic nitrogens is 1. The van der Waals surface area contributed by atoms with E-state index >= 15 is 0 Å². The average molecular weight is 284 g/mol. The van der Waals surface area contributed by atoms with Gasteiger partial charge < -0.3 is 14.8 Å². The molecular weight excluding hydrogens is 264 g/mol. The molecule has 4 heteroatoms. The quantitative estimate of drug-likeness (QED) is 0.778. The normalized spacial score (nSPS) is 37.0. The molecule has 2 aromatic rings. The molecule has 0 amide bonds. The van der Waals surface area contributed by atoms with Gasteiger partial charge in [-0.05, 0) is 55.4 Å². The van der Waals surface area contributed by atoms with Crippen LogP contribution in [-0.4, -0.2) is 32.3 Å². The number of fused-ring (bicyclic) bond motifs is 4. The Morgan fingerprint density at radius 2 is 2.19 bits per heavy atom. The highest BCUT2D eigenvalue weighted by atomic mass is 16.3. The lowest BCUT2D eigenvalue weighted by atomic mass is 9.70. The summed E-state index contributed by atoms with van der Waals surface area (Å²) in [5.41, 5.74) is 2.61. The molecule has 0 saturated carbocycles. The molecule has 110 valence electrons. The average Bonchev–Trinajstić information content (AvgIpc) is 2.72. The Kier molecular flexibility index (Phi) is 2.08. The topological polar surface area (TPSA) is 48.6 Å². The maximum atomic E-state index is 11.4. The molecule has 2 N–H and O–H groups in total. The Labute approximate surface area is 123 Å². The minimum Gasteiger partial charge on any atom is -0.508 e. The molecule has 0 spiro atoms. The van der Waals surface area contributed by atoms with E-state index in [2.05, 4.69) is 9.47 Å². The van der Waals surface area contributed by atoms with E-state index in [-0.39, 0.29) is 0 Å². The molecular formula is C17H20N2O2. The second-order valence-electron chi connectivity index (χ2n) is 7.05. The standard InChI is InChI=1S/C17H20N2O2/c1-18-15-3-2-12(20)8-13(15)14-7-11-6-10-4-5-19(11)17(21,9-10)16(14)18/h2-3,8,10-11,20-21H,4-7,9H2,1H3/t10-,11+,17+/m0/s1. The van der Waals surface area contributed by atoms with Gasteiger partial charge in [-0.25, -0.2) is 0 Å². The molecule has 5 heterocycles. The van der Waals surface area contributed by atoms with Crippen LogP contribution in [-0.2, 0) is 19.2 Å². The minimum atomic E-state index is -0.803. The lowest BCUT2D eigenvalue weighted by Crippen LogP contribution is -2.64. The Morgan fingerprint density at radius 1 is 1.33 bits per heavy atom. The fraction of sp³-hybridized carbons (Fsp3) is 0.529. The molecule has 4 bridgehead atoms. The van der Waals surface area contributed by atoms with Gasteiger partial charge in [0.2, 0.25) is 0 Å². The fourth-order valence-corrected chi connectivity index (χ4v) is 5.21. The van der Waals surface area contributed by atoms with Crippen molar-refractivity contribution in [2.75, 3.05) is 6.54 Å². The van der Waals surface area contributed by atoms with Gasteiger partial charge in [-0.1, -0.05) is 0 Å². The first kappa shape index (κ1) is 12.1. The fourth-order valence-electron chi connectivity index (χ4n) is 5.21. The van der Waals surface area contributed by atoms with Crippen LogP contribution in [0.5, 0.6) is 5.75 Å². The van der Waals surface area contributed by atoms with E-state index in [1.165, 1.54) is 18.4 Å². The van der Waals surface area contributed by atoms with Crippen molar-refractivity contribution in [3.05, 3.63) is 29.5 Å². The van der Waals surface area contributed by atoms with Crippen molar-refractivity contribution in [1.82, 2.24) is 9.47 Å². The van der Waals surface area contributed by atoms with E-state index in [1.54, 1.807) is 6.07 Å². The van der Waals surface area contributed by atoms with Crippen LogP contribution in [0.15, 0.2) is 18.2 Å². The third-order valence-electron chi connectivity index (χ3n) is 5.98. The number of piperidine rings is 3. The first-order valence-electron chi connectivity index (χ1n) is 7.88. The number of hydrogen-bond donors (Lipinski definition) is 2. The Bertz CT molecular complexity index is 766. The minimum absolute atomic E-state index is 0.306. The summed E-state index contributed by atoms with van der Waals surface area (Å²) in [7, 11) is 2.04. The predicted octanol–water partition coefficient (Wildman–Crippen LogP) is 2.07. The van der Waals surface area contributed by atoms with Gasteiger partial charge in [-0.3, -0.25) is 4.90 Å². The van der Waals surface area contributed by atoms with Crippen LogP contribution in [0.3, 0.4) is 0 Å². The van der Waals surface area contributed by atoms with Gasteiger partial charge in [0.05, 0.1) is 5.69 Å². The van der Waals surface area contributed by atoms with Gasteiger partial charge in [0.25, 0.3) is 0 Å². The number of hydrogen-bond acceptors (Lipinski definition) is 3. The molecule has 1 unspecified atom stereocenters. The maximum Gasteiger partial charge on any atom is 0.160 e. The number of phenols is 1. The van der Waals surface area contributed by atoms with Crippen molar-refractivity contribution in [3.8, 4) is 5.75 Å².